The third kappa shape index (κ3) is 2.73. The van der Waals surface area contributed by atoms with Gasteiger partial charge < -0.3 is 15.4 Å². The molecule has 2 heterocycles. The van der Waals surface area contributed by atoms with Gasteiger partial charge in [-0.1, -0.05) is 6.07 Å². The number of nitrogen functional groups attached to an aromatic ring is 1. The number of hydrogen-bond donors (Lipinski definition) is 1. The van der Waals surface area contributed by atoms with E-state index in [1.54, 1.807) is 7.11 Å². The van der Waals surface area contributed by atoms with Gasteiger partial charge in [0, 0.05) is 30.6 Å². The Labute approximate surface area is 127 Å². The van der Waals surface area contributed by atoms with Crippen molar-refractivity contribution in [1.29, 1.82) is 0 Å². The van der Waals surface area contributed by atoms with Gasteiger partial charge in [-0.3, -0.25) is 0 Å². The van der Waals surface area contributed by atoms with Crippen LogP contribution in [0.4, 0.5) is 15.2 Å². The fraction of sp³-hybridized carbons (Fsp3) is 0.400. The second kappa shape index (κ2) is 5.61. The van der Waals surface area contributed by atoms with E-state index < -0.39 is 0 Å². The van der Waals surface area contributed by atoms with E-state index in [1.807, 2.05) is 24.0 Å². The molecule has 0 bridgehead atoms. The summed E-state index contributed by atoms with van der Waals surface area (Å²) >= 11 is 1.42. The fourth-order valence-electron chi connectivity index (χ4n) is 2.73. The molecule has 0 aliphatic carbocycles. The van der Waals surface area contributed by atoms with Crippen LogP contribution in [-0.4, -0.2) is 31.3 Å². The normalized spacial score (nSPS) is 18.4. The highest BCUT2D eigenvalue weighted by molar-refractivity contribution is 7.15. The van der Waals surface area contributed by atoms with Crippen LogP contribution in [0.5, 0.6) is 0 Å². The second-order valence-corrected chi connectivity index (χ2v) is 6.45. The Hall–Kier alpha value is -1.66. The molecule has 2 N–H and O–H groups in total. The molecule has 1 aliphatic rings. The summed E-state index contributed by atoms with van der Waals surface area (Å²) < 4.78 is 19.7. The van der Waals surface area contributed by atoms with Crippen LogP contribution in [-0.2, 0) is 4.74 Å². The van der Waals surface area contributed by atoms with Crippen LogP contribution in [0, 0.1) is 12.7 Å². The van der Waals surface area contributed by atoms with Crippen LogP contribution in [0.25, 0.3) is 11.3 Å². The molecule has 112 valence electrons. The summed E-state index contributed by atoms with van der Waals surface area (Å²) in [5.41, 5.74) is 7.86. The lowest BCUT2D eigenvalue weighted by molar-refractivity contribution is 0.121. The summed E-state index contributed by atoms with van der Waals surface area (Å²) in [6.07, 6.45) is 1.11. The zero-order valence-electron chi connectivity index (χ0n) is 12.1. The van der Waals surface area contributed by atoms with Crippen molar-refractivity contribution in [2.75, 3.05) is 30.8 Å². The molecule has 6 heteroatoms. The summed E-state index contributed by atoms with van der Waals surface area (Å²) in [7, 11) is 1.70. The third-order valence-corrected chi connectivity index (χ3v) is 4.65. The maximum Gasteiger partial charge on any atom is 0.180 e. The number of rotatable bonds is 3. The van der Waals surface area contributed by atoms with Crippen molar-refractivity contribution in [2.24, 2.45) is 0 Å². The van der Waals surface area contributed by atoms with Crippen LogP contribution in [0.3, 0.4) is 0 Å². The number of ether oxygens (including phenoxy) is 1. The number of aromatic nitrogens is 1. The van der Waals surface area contributed by atoms with E-state index in [1.165, 1.54) is 17.4 Å². The van der Waals surface area contributed by atoms with Crippen molar-refractivity contribution in [1.82, 2.24) is 4.98 Å². The highest BCUT2D eigenvalue weighted by Gasteiger charge is 2.24. The summed E-state index contributed by atoms with van der Waals surface area (Å²) in [6.45, 7) is 3.49. The average Bonchev–Trinajstić information content (AvgIpc) is 3.05. The van der Waals surface area contributed by atoms with Crippen molar-refractivity contribution < 1.29 is 9.13 Å². The predicted molar refractivity (Wildman–Crippen MR) is 84.3 cm³/mol. The van der Waals surface area contributed by atoms with Crippen LogP contribution in [0.2, 0.25) is 0 Å². The molecule has 1 saturated heterocycles. The van der Waals surface area contributed by atoms with Gasteiger partial charge in [-0.05, 0) is 25.5 Å². The molecule has 1 fully saturated rings. The number of aryl methyl sites for hydroxylation is 1. The monoisotopic (exact) mass is 307 g/mol. The molecule has 4 nitrogen and oxygen atoms in total. The second-order valence-electron chi connectivity index (χ2n) is 5.22. The Morgan fingerprint density at radius 3 is 2.86 bits per heavy atom. The largest absolute Gasteiger partial charge is 0.380 e. The van der Waals surface area contributed by atoms with E-state index in [-0.39, 0.29) is 11.9 Å². The van der Waals surface area contributed by atoms with Crippen LogP contribution in [0.15, 0.2) is 18.2 Å². The summed E-state index contributed by atoms with van der Waals surface area (Å²) in [4.78, 5) is 7.29. The third-order valence-electron chi connectivity index (χ3n) is 3.85. The number of nitrogens with zero attached hydrogens (tertiary/aromatic N) is 2. The maximum atomic E-state index is 14.4. The standard InChI is InChI=1S/C15H18FN3OS/c1-9-14(18-15(17)21-9)10-3-4-13(12(16)7-10)19-6-5-11(8-19)20-2/h3-4,7,11H,5-6,8H2,1-2H3,(H2,17,18). The molecule has 1 aromatic carbocycles. The lowest BCUT2D eigenvalue weighted by Gasteiger charge is -2.19. The lowest BCUT2D eigenvalue weighted by Crippen LogP contribution is -2.23. The zero-order chi connectivity index (χ0) is 15.0. The minimum absolute atomic E-state index is 0.185. The van der Waals surface area contributed by atoms with Crippen molar-refractivity contribution in [3.63, 3.8) is 0 Å². The molecular formula is C15H18FN3OS. The molecule has 1 unspecified atom stereocenters. The molecule has 2 aromatic rings. The Kier molecular flexibility index (Phi) is 3.82. The number of thiazole rings is 1. The lowest BCUT2D eigenvalue weighted by atomic mass is 10.1. The molecule has 1 aliphatic heterocycles. The maximum absolute atomic E-state index is 14.4. The molecular weight excluding hydrogens is 289 g/mol. The molecule has 0 spiro atoms. The Balaban J connectivity index is 1.88. The topological polar surface area (TPSA) is 51.4 Å². The van der Waals surface area contributed by atoms with Gasteiger partial charge in [-0.2, -0.15) is 0 Å². The highest BCUT2D eigenvalue weighted by atomic mass is 32.1. The summed E-state index contributed by atoms with van der Waals surface area (Å²) in [5, 5.41) is 0.509. The van der Waals surface area contributed by atoms with E-state index in [9.17, 15) is 4.39 Å². The number of benzene rings is 1. The molecule has 0 amide bonds. The van der Waals surface area contributed by atoms with E-state index in [2.05, 4.69) is 4.98 Å². The zero-order valence-corrected chi connectivity index (χ0v) is 12.9. The first kappa shape index (κ1) is 14.3. The Morgan fingerprint density at radius 2 is 2.29 bits per heavy atom. The van der Waals surface area contributed by atoms with Gasteiger partial charge >= 0.3 is 0 Å². The van der Waals surface area contributed by atoms with Crippen molar-refractivity contribution in [3.8, 4) is 11.3 Å². The van der Waals surface area contributed by atoms with E-state index >= 15 is 0 Å². The quantitative estimate of drug-likeness (QED) is 0.947. The number of hydrogen-bond acceptors (Lipinski definition) is 5. The van der Waals surface area contributed by atoms with Gasteiger partial charge in [-0.15, -0.1) is 11.3 Å². The van der Waals surface area contributed by atoms with Gasteiger partial charge in [0.1, 0.15) is 5.82 Å². The van der Waals surface area contributed by atoms with E-state index in [0.717, 1.165) is 35.6 Å². The van der Waals surface area contributed by atoms with Gasteiger partial charge in [-0.25, -0.2) is 9.37 Å². The van der Waals surface area contributed by atoms with Crippen molar-refractivity contribution >= 4 is 22.2 Å². The Bertz CT molecular complexity index is 658. The first-order chi connectivity index (χ1) is 10.1. The van der Waals surface area contributed by atoms with Gasteiger partial charge in [0.2, 0.25) is 0 Å². The summed E-state index contributed by atoms with van der Waals surface area (Å²) in [6, 6.07) is 5.26. The minimum atomic E-state index is -0.227. The number of methoxy groups -OCH3 is 1. The highest BCUT2D eigenvalue weighted by Crippen LogP contribution is 2.32. The SMILES string of the molecule is COC1CCN(c2ccc(-c3nc(N)sc3C)cc2F)C1. The van der Waals surface area contributed by atoms with Crippen LogP contribution < -0.4 is 10.6 Å². The molecule has 1 aromatic heterocycles. The van der Waals surface area contributed by atoms with Crippen LogP contribution in [0.1, 0.15) is 11.3 Å². The minimum Gasteiger partial charge on any atom is -0.380 e. The molecule has 1 atom stereocenters. The van der Waals surface area contributed by atoms with Crippen molar-refractivity contribution in [2.45, 2.75) is 19.4 Å². The molecule has 0 saturated carbocycles. The smallest absolute Gasteiger partial charge is 0.180 e. The van der Waals surface area contributed by atoms with Gasteiger partial charge in [0.05, 0.1) is 17.5 Å². The predicted octanol–water partition coefficient (Wildman–Crippen LogP) is 3.06. The summed E-state index contributed by atoms with van der Waals surface area (Å²) in [5.74, 6) is -0.227. The van der Waals surface area contributed by atoms with Gasteiger partial charge in [0.25, 0.3) is 0 Å². The van der Waals surface area contributed by atoms with E-state index in [4.69, 9.17) is 10.5 Å². The van der Waals surface area contributed by atoms with E-state index in [0.29, 0.717) is 10.8 Å². The van der Waals surface area contributed by atoms with Gasteiger partial charge in [0.15, 0.2) is 5.13 Å². The first-order valence-electron chi connectivity index (χ1n) is 6.89. The molecule has 3 rings (SSSR count). The fourth-order valence-corrected chi connectivity index (χ4v) is 3.45. The average molecular weight is 307 g/mol. The number of halogens is 1. The number of nitrogens with two attached hydrogens (primary N) is 1. The van der Waals surface area contributed by atoms with Crippen LogP contribution >= 0.6 is 11.3 Å². The molecule has 21 heavy (non-hydrogen) atoms. The van der Waals surface area contributed by atoms with Crippen molar-refractivity contribution in [3.05, 3.63) is 28.9 Å². The molecule has 0 radical (unpaired) electrons. The Morgan fingerprint density at radius 1 is 1.48 bits per heavy atom. The first-order valence-corrected chi connectivity index (χ1v) is 7.70. The number of anilines is 2.